The lowest BCUT2D eigenvalue weighted by molar-refractivity contribution is -0.159. The average Bonchev–Trinajstić information content (AvgIpc) is 3.52. The van der Waals surface area contributed by atoms with Gasteiger partial charge >= 0.3 is 0 Å². The highest BCUT2D eigenvalue weighted by molar-refractivity contribution is 7.10. The van der Waals surface area contributed by atoms with Crippen LogP contribution in [0.5, 0.6) is 0 Å². The van der Waals surface area contributed by atoms with E-state index in [9.17, 15) is 14.4 Å². The summed E-state index contributed by atoms with van der Waals surface area (Å²) in [5.74, 6) is 3.09. The predicted molar refractivity (Wildman–Crippen MR) is 154 cm³/mol. The molecule has 1 aromatic rings. The number of carbonyl (C=O) groups excluding carboxylic acids is 3. The molecular formula is C33H49NO3S. The fourth-order valence-electron chi connectivity index (χ4n) is 9.76. The SMILES string of the molecule is CCCCCC(NC(=O)C[C@@H](C)C1CC[C@H]2[C@@H]3C(=O)C[C@@H]4CC(=O)CC[C@]4(C)[C@H]3CC[C@]12C)c1cccs1. The molecule has 4 saturated carbocycles. The number of thiophene rings is 1. The largest absolute Gasteiger partial charge is 0.348 e. The maximum atomic E-state index is 13.6. The number of ketones is 2. The van der Waals surface area contributed by atoms with Crippen LogP contribution >= 0.6 is 11.3 Å². The number of carbonyl (C=O) groups is 3. The van der Waals surface area contributed by atoms with Crippen LogP contribution in [0.25, 0.3) is 0 Å². The summed E-state index contributed by atoms with van der Waals surface area (Å²) in [6.07, 6.45) is 12.5. The Morgan fingerprint density at radius 3 is 2.61 bits per heavy atom. The molecule has 4 nitrogen and oxygen atoms in total. The lowest BCUT2D eigenvalue weighted by Gasteiger charge is -2.59. The standard InChI is InChI=1S/C33H49NO3S/c1-5-6-7-9-27(29-10-8-17-38-29)34-30(37)18-21(2)24-11-12-25-31-26(14-16-33(24,25)4)32(3)15-13-23(35)19-22(32)20-28(31)36/h8,10,17,21-22,24-27,31H,5-7,9,11-16,18-20H2,1-4H3,(H,34,37)/t21-,22+,24?,25+,26+,27?,31+,32+,33-/m1/s1. The number of amides is 1. The second-order valence-corrected chi connectivity index (χ2v) is 14.9. The maximum Gasteiger partial charge on any atom is 0.220 e. The van der Waals surface area contributed by atoms with Crippen molar-refractivity contribution in [2.75, 3.05) is 0 Å². The van der Waals surface area contributed by atoms with Crippen molar-refractivity contribution >= 4 is 28.8 Å². The predicted octanol–water partition coefficient (Wildman–Crippen LogP) is 7.92. The fraction of sp³-hybridized carbons (Fsp3) is 0.788. The lowest BCUT2D eigenvalue weighted by atomic mass is 9.44. The molecule has 5 heteroatoms. The van der Waals surface area contributed by atoms with E-state index in [0.717, 1.165) is 44.9 Å². The Labute approximate surface area is 234 Å². The number of nitrogens with one attached hydrogen (secondary N) is 1. The number of fused-ring (bicyclic) bond motifs is 5. The fourth-order valence-corrected chi connectivity index (χ4v) is 10.6. The van der Waals surface area contributed by atoms with Gasteiger partial charge in [-0.2, -0.15) is 0 Å². The van der Waals surface area contributed by atoms with E-state index in [-0.39, 0.29) is 34.6 Å². The molecule has 9 atom stereocenters. The first-order chi connectivity index (χ1) is 18.2. The summed E-state index contributed by atoms with van der Waals surface area (Å²) < 4.78 is 0. The van der Waals surface area contributed by atoms with Crippen molar-refractivity contribution in [3.63, 3.8) is 0 Å². The molecule has 4 aliphatic rings. The Morgan fingerprint density at radius 1 is 1.08 bits per heavy atom. The van der Waals surface area contributed by atoms with Gasteiger partial charge in [0.15, 0.2) is 0 Å². The lowest BCUT2D eigenvalue weighted by Crippen LogP contribution is -2.57. The number of hydrogen-bond donors (Lipinski definition) is 1. The monoisotopic (exact) mass is 539 g/mol. The Morgan fingerprint density at radius 2 is 1.87 bits per heavy atom. The number of Topliss-reactive ketones (excluding diaryl/α,β-unsaturated/α-hetero) is 2. The minimum atomic E-state index is 0.125. The molecule has 5 rings (SSSR count). The normalized spacial score (nSPS) is 38.2. The van der Waals surface area contributed by atoms with Crippen molar-refractivity contribution in [2.45, 2.75) is 117 Å². The van der Waals surface area contributed by atoms with E-state index in [1.807, 2.05) is 0 Å². The van der Waals surface area contributed by atoms with Gasteiger partial charge in [0, 0.05) is 36.5 Å². The molecule has 38 heavy (non-hydrogen) atoms. The third-order valence-electron chi connectivity index (χ3n) is 11.9. The van der Waals surface area contributed by atoms with Crippen molar-refractivity contribution < 1.29 is 14.4 Å². The Bertz CT molecular complexity index is 1020. The van der Waals surface area contributed by atoms with Crippen molar-refractivity contribution in [3.8, 4) is 0 Å². The van der Waals surface area contributed by atoms with Crippen LogP contribution in [0, 0.1) is 46.3 Å². The van der Waals surface area contributed by atoms with E-state index in [1.54, 1.807) is 11.3 Å². The van der Waals surface area contributed by atoms with Gasteiger partial charge in [-0.3, -0.25) is 14.4 Å². The third-order valence-corrected chi connectivity index (χ3v) is 12.9. The molecule has 0 saturated heterocycles. The minimum absolute atomic E-state index is 0.125. The minimum Gasteiger partial charge on any atom is -0.348 e. The van der Waals surface area contributed by atoms with E-state index >= 15 is 0 Å². The highest BCUT2D eigenvalue weighted by atomic mass is 32.1. The zero-order valence-electron chi connectivity index (χ0n) is 24.1. The van der Waals surface area contributed by atoms with Gasteiger partial charge < -0.3 is 5.32 Å². The second kappa shape index (κ2) is 11.2. The van der Waals surface area contributed by atoms with E-state index in [0.29, 0.717) is 60.9 Å². The van der Waals surface area contributed by atoms with Crippen LogP contribution in [0.2, 0.25) is 0 Å². The van der Waals surface area contributed by atoms with Crippen LogP contribution in [0.1, 0.15) is 122 Å². The highest BCUT2D eigenvalue weighted by Crippen LogP contribution is 2.67. The van der Waals surface area contributed by atoms with Crippen LogP contribution in [-0.4, -0.2) is 17.5 Å². The van der Waals surface area contributed by atoms with Crippen molar-refractivity contribution in [2.24, 2.45) is 46.3 Å². The number of rotatable bonds is 9. The van der Waals surface area contributed by atoms with Gasteiger partial charge in [0.1, 0.15) is 11.6 Å². The molecule has 1 heterocycles. The van der Waals surface area contributed by atoms with Gasteiger partial charge in [0.05, 0.1) is 6.04 Å². The molecule has 1 aromatic heterocycles. The van der Waals surface area contributed by atoms with E-state index < -0.39 is 0 Å². The Hall–Kier alpha value is -1.49. The first-order valence-corrected chi connectivity index (χ1v) is 16.4. The van der Waals surface area contributed by atoms with E-state index in [4.69, 9.17) is 0 Å². The average molecular weight is 540 g/mol. The van der Waals surface area contributed by atoms with Gasteiger partial charge in [0.25, 0.3) is 0 Å². The van der Waals surface area contributed by atoms with Gasteiger partial charge in [0.2, 0.25) is 5.91 Å². The Balaban J connectivity index is 1.25. The molecule has 0 radical (unpaired) electrons. The highest BCUT2D eigenvalue weighted by Gasteiger charge is 2.63. The van der Waals surface area contributed by atoms with E-state index in [2.05, 4.69) is 50.5 Å². The smallest absolute Gasteiger partial charge is 0.220 e. The quantitative estimate of drug-likeness (QED) is 0.324. The topological polar surface area (TPSA) is 63.2 Å². The van der Waals surface area contributed by atoms with Gasteiger partial charge in [-0.15, -0.1) is 11.3 Å². The van der Waals surface area contributed by atoms with E-state index in [1.165, 1.54) is 17.7 Å². The molecule has 1 amide bonds. The summed E-state index contributed by atoms with van der Waals surface area (Å²) in [6.45, 7) is 9.36. The molecule has 1 N–H and O–H groups in total. The maximum absolute atomic E-state index is 13.6. The molecule has 210 valence electrons. The van der Waals surface area contributed by atoms with Crippen molar-refractivity contribution in [3.05, 3.63) is 22.4 Å². The van der Waals surface area contributed by atoms with Crippen molar-refractivity contribution in [1.82, 2.24) is 5.32 Å². The molecule has 2 unspecified atom stereocenters. The summed E-state index contributed by atoms with van der Waals surface area (Å²) in [5, 5.41) is 5.50. The molecular weight excluding hydrogens is 490 g/mol. The van der Waals surface area contributed by atoms with Gasteiger partial charge in [-0.25, -0.2) is 0 Å². The molecule has 0 spiro atoms. The molecule has 0 aromatic carbocycles. The summed E-state index contributed by atoms with van der Waals surface area (Å²) in [6, 6.07) is 4.36. The number of unbranched alkanes of at least 4 members (excludes halogenated alkanes) is 2. The molecule has 4 aliphatic carbocycles. The van der Waals surface area contributed by atoms with Crippen LogP contribution < -0.4 is 5.32 Å². The summed E-state index contributed by atoms with van der Waals surface area (Å²) in [4.78, 5) is 40.5. The third kappa shape index (κ3) is 5.06. The first-order valence-electron chi connectivity index (χ1n) is 15.5. The molecule has 0 aliphatic heterocycles. The summed E-state index contributed by atoms with van der Waals surface area (Å²) in [7, 11) is 0. The van der Waals surface area contributed by atoms with Gasteiger partial charge in [-0.1, -0.05) is 53.0 Å². The van der Waals surface area contributed by atoms with Gasteiger partial charge in [-0.05, 0) is 90.4 Å². The van der Waals surface area contributed by atoms with Crippen LogP contribution in [0.15, 0.2) is 17.5 Å². The molecule has 4 fully saturated rings. The zero-order chi connectivity index (χ0) is 27.1. The van der Waals surface area contributed by atoms with Crippen LogP contribution in [-0.2, 0) is 14.4 Å². The van der Waals surface area contributed by atoms with Crippen LogP contribution in [0.3, 0.4) is 0 Å². The zero-order valence-corrected chi connectivity index (χ0v) is 24.9. The summed E-state index contributed by atoms with van der Waals surface area (Å²) >= 11 is 1.74. The summed E-state index contributed by atoms with van der Waals surface area (Å²) in [5.41, 5.74) is 0.282. The number of hydrogen-bond acceptors (Lipinski definition) is 4. The van der Waals surface area contributed by atoms with Crippen LogP contribution in [0.4, 0.5) is 0 Å². The Kier molecular flexibility index (Phi) is 8.25. The molecule has 0 bridgehead atoms. The van der Waals surface area contributed by atoms with Crippen molar-refractivity contribution in [1.29, 1.82) is 0 Å². The second-order valence-electron chi connectivity index (χ2n) is 13.9. The first kappa shape index (κ1) is 28.1.